The molecular weight excluding hydrogens is 434 g/mol. The summed E-state index contributed by atoms with van der Waals surface area (Å²) in [5.41, 5.74) is 6.16. The number of carbonyl (C=O) groups is 3. The molecule has 0 aliphatic carbocycles. The SMILES string of the molecule is O=C(NNC(=O)c1sc2ccccc2c1Cl)c1ccc(NC(=O)c2ccccc2)cc1. The Morgan fingerprint density at radius 1 is 0.677 bits per heavy atom. The Balaban J connectivity index is 1.37. The highest BCUT2D eigenvalue weighted by atomic mass is 35.5. The lowest BCUT2D eigenvalue weighted by Gasteiger charge is -2.08. The van der Waals surface area contributed by atoms with Crippen molar-refractivity contribution >= 4 is 56.4 Å². The van der Waals surface area contributed by atoms with Crippen LogP contribution < -0.4 is 16.2 Å². The van der Waals surface area contributed by atoms with Gasteiger partial charge in [-0.1, -0.05) is 48.0 Å². The molecule has 0 bridgehead atoms. The Hall–Kier alpha value is -3.68. The molecule has 0 radical (unpaired) electrons. The molecule has 0 saturated carbocycles. The molecule has 4 aromatic rings. The van der Waals surface area contributed by atoms with Crippen molar-refractivity contribution in [3.05, 3.63) is 99.9 Å². The summed E-state index contributed by atoms with van der Waals surface area (Å²) in [6, 6.07) is 22.6. The Kier molecular flexibility index (Phi) is 5.97. The van der Waals surface area contributed by atoms with E-state index >= 15 is 0 Å². The predicted molar refractivity (Wildman–Crippen MR) is 123 cm³/mol. The largest absolute Gasteiger partial charge is 0.322 e. The monoisotopic (exact) mass is 449 g/mol. The summed E-state index contributed by atoms with van der Waals surface area (Å²) in [7, 11) is 0. The lowest BCUT2D eigenvalue weighted by Crippen LogP contribution is -2.41. The summed E-state index contributed by atoms with van der Waals surface area (Å²) < 4.78 is 0.886. The molecule has 0 unspecified atom stereocenters. The molecular formula is C23H16ClN3O3S. The van der Waals surface area contributed by atoms with Gasteiger partial charge < -0.3 is 5.32 Å². The van der Waals surface area contributed by atoms with Crippen molar-refractivity contribution in [2.24, 2.45) is 0 Å². The van der Waals surface area contributed by atoms with Crippen molar-refractivity contribution in [2.75, 3.05) is 5.32 Å². The lowest BCUT2D eigenvalue weighted by molar-refractivity contribution is 0.0849. The number of nitrogens with one attached hydrogen (secondary N) is 3. The second-order valence-electron chi connectivity index (χ2n) is 6.55. The summed E-state index contributed by atoms with van der Waals surface area (Å²) in [6.07, 6.45) is 0. The van der Waals surface area contributed by atoms with Gasteiger partial charge in [0.05, 0.1) is 5.02 Å². The van der Waals surface area contributed by atoms with Crippen LogP contribution >= 0.6 is 22.9 Å². The van der Waals surface area contributed by atoms with E-state index in [0.717, 1.165) is 10.1 Å². The summed E-state index contributed by atoms with van der Waals surface area (Å²) in [6.45, 7) is 0. The number of benzene rings is 3. The summed E-state index contributed by atoms with van der Waals surface area (Å²) >= 11 is 7.54. The van der Waals surface area contributed by atoms with E-state index in [1.165, 1.54) is 11.3 Å². The van der Waals surface area contributed by atoms with E-state index in [1.807, 2.05) is 30.3 Å². The molecule has 0 saturated heterocycles. The van der Waals surface area contributed by atoms with E-state index in [9.17, 15) is 14.4 Å². The van der Waals surface area contributed by atoms with Crippen LogP contribution in [0.5, 0.6) is 0 Å². The fraction of sp³-hybridized carbons (Fsp3) is 0. The van der Waals surface area contributed by atoms with Crippen LogP contribution in [0, 0.1) is 0 Å². The Morgan fingerprint density at radius 3 is 2.00 bits per heavy atom. The molecule has 0 fully saturated rings. The smallest absolute Gasteiger partial charge is 0.281 e. The average molecular weight is 450 g/mol. The molecule has 6 nitrogen and oxygen atoms in total. The van der Waals surface area contributed by atoms with Gasteiger partial charge in [-0.05, 0) is 42.5 Å². The van der Waals surface area contributed by atoms with Gasteiger partial charge in [0.15, 0.2) is 0 Å². The van der Waals surface area contributed by atoms with Gasteiger partial charge >= 0.3 is 0 Å². The Morgan fingerprint density at radius 2 is 1.29 bits per heavy atom. The zero-order valence-corrected chi connectivity index (χ0v) is 17.6. The minimum atomic E-state index is -0.494. The van der Waals surface area contributed by atoms with Gasteiger partial charge in [-0.3, -0.25) is 25.2 Å². The standard InChI is InChI=1S/C23H16ClN3O3S/c24-19-17-8-4-5-9-18(17)31-20(19)23(30)27-26-22(29)15-10-12-16(13-11-15)25-21(28)14-6-2-1-3-7-14/h1-13H,(H,25,28)(H,26,29)(H,27,30). The quantitative estimate of drug-likeness (QED) is 0.388. The van der Waals surface area contributed by atoms with E-state index < -0.39 is 11.8 Å². The highest BCUT2D eigenvalue weighted by Gasteiger charge is 2.17. The van der Waals surface area contributed by atoms with Crippen LogP contribution in [0.3, 0.4) is 0 Å². The third-order valence-electron chi connectivity index (χ3n) is 4.47. The Labute approximate surface area is 186 Å². The van der Waals surface area contributed by atoms with Crippen LogP contribution in [0.2, 0.25) is 5.02 Å². The molecule has 0 atom stereocenters. The molecule has 0 aliphatic rings. The van der Waals surface area contributed by atoms with Gasteiger partial charge in [-0.25, -0.2) is 0 Å². The van der Waals surface area contributed by atoms with Crippen LogP contribution in [0.15, 0.2) is 78.9 Å². The first-order valence-electron chi connectivity index (χ1n) is 9.27. The van der Waals surface area contributed by atoms with Crippen LogP contribution in [0.1, 0.15) is 30.4 Å². The van der Waals surface area contributed by atoms with Gasteiger partial charge in [-0.15, -0.1) is 11.3 Å². The molecule has 0 spiro atoms. The van der Waals surface area contributed by atoms with Crippen molar-refractivity contribution in [2.45, 2.75) is 0 Å². The fourth-order valence-electron chi connectivity index (χ4n) is 2.90. The molecule has 3 aromatic carbocycles. The van der Waals surface area contributed by atoms with Crippen molar-refractivity contribution < 1.29 is 14.4 Å². The topological polar surface area (TPSA) is 87.3 Å². The summed E-state index contributed by atoms with van der Waals surface area (Å²) in [5.74, 6) is -1.23. The zero-order valence-electron chi connectivity index (χ0n) is 16.0. The van der Waals surface area contributed by atoms with Gasteiger partial charge in [0.1, 0.15) is 4.88 Å². The fourth-order valence-corrected chi connectivity index (χ4v) is 4.31. The van der Waals surface area contributed by atoms with E-state index in [-0.39, 0.29) is 5.91 Å². The minimum Gasteiger partial charge on any atom is -0.322 e. The number of anilines is 1. The second-order valence-corrected chi connectivity index (χ2v) is 7.98. The van der Waals surface area contributed by atoms with Crippen molar-refractivity contribution in [3.63, 3.8) is 0 Å². The number of amides is 3. The number of halogens is 1. The summed E-state index contributed by atoms with van der Waals surface area (Å²) in [5, 5.41) is 3.90. The first kappa shape index (κ1) is 20.6. The number of hydrogen-bond donors (Lipinski definition) is 3. The van der Waals surface area contributed by atoms with Gasteiger partial charge in [0.25, 0.3) is 17.7 Å². The molecule has 3 amide bonds. The van der Waals surface area contributed by atoms with Crippen LogP contribution in [0.25, 0.3) is 10.1 Å². The number of hydrazine groups is 1. The van der Waals surface area contributed by atoms with Crippen LogP contribution in [-0.2, 0) is 0 Å². The number of carbonyl (C=O) groups excluding carboxylic acids is 3. The van der Waals surface area contributed by atoms with Gasteiger partial charge in [-0.2, -0.15) is 0 Å². The van der Waals surface area contributed by atoms with Crippen molar-refractivity contribution in [1.29, 1.82) is 0 Å². The van der Waals surface area contributed by atoms with Crippen molar-refractivity contribution in [1.82, 2.24) is 10.9 Å². The van der Waals surface area contributed by atoms with Crippen molar-refractivity contribution in [3.8, 4) is 0 Å². The number of rotatable bonds is 4. The molecule has 31 heavy (non-hydrogen) atoms. The third-order valence-corrected chi connectivity index (χ3v) is 6.15. The molecule has 0 aliphatic heterocycles. The van der Waals surface area contributed by atoms with E-state index in [1.54, 1.807) is 48.5 Å². The molecule has 8 heteroatoms. The molecule has 154 valence electrons. The normalized spacial score (nSPS) is 10.5. The lowest BCUT2D eigenvalue weighted by atomic mass is 10.1. The highest BCUT2D eigenvalue weighted by Crippen LogP contribution is 2.34. The maximum absolute atomic E-state index is 12.4. The highest BCUT2D eigenvalue weighted by molar-refractivity contribution is 7.21. The number of hydrogen-bond acceptors (Lipinski definition) is 4. The number of thiophene rings is 1. The van der Waals surface area contributed by atoms with Gasteiger partial charge in [0.2, 0.25) is 0 Å². The molecule has 3 N–H and O–H groups in total. The first-order chi connectivity index (χ1) is 15.0. The van der Waals surface area contributed by atoms with E-state index in [2.05, 4.69) is 16.2 Å². The third kappa shape index (κ3) is 4.58. The minimum absolute atomic E-state index is 0.245. The first-order valence-corrected chi connectivity index (χ1v) is 10.5. The van der Waals surface area contributed by atoms with Crippen LogP contribution in [-0.4, -0.2) is 17.7 Å². The van der Waals surface area contributed by atoms with Gasteiger partial charge in [0, 0.05) is 26.9 Å². The Bertz CT molecular complexity index is 1270. The molecule has 4 rings (SSSR count). The number of fused-ring (bicyclic) bond motifs is 1. The molecule has 1 heterocycles. The zero-order chi connectivity index (χ0) is 21.8. The average Bonchev–Trinajstić information content (AvgIpc) is 3.15. The summed E-state index contributed by atoms with van der Waals surface area (Å²) in [4.78, 5) is 37.3. The van der Waals surface area contributed by atoms with Crippen LogP contribution in [0.4, 0.5) is 5.69 Å². The maximum atomic E-state index is 12.4. The predicted octanol–water partition coefficient (Wildman–Crippen LogP) is 4.88. The van der Waals surface area contributed by atoms with E-state index in [0.29, 0.717) is 26.7 Å². The maximum Gasteiger partial charge on any atom is 0.281 e. The second kappa shape index (κ2) is 8.99. The molecule has 1 aromatic heterocycles. The van der Waals surface area contributed by atoms with E-state index in [4.69, 9.17) is 11.6 Å².